The van der Waals surface area contributed by atoms with Gasteiger partial charge in [0.25, 0.3) is 0 Å². The van der Waals surface area contributed by atoms with Gasteiger partial charge in [-0.3, -0.25) is 4.79 Å². The summed E-state index contributed by atoms with van der Waals surface area (Å²) < 4.78 is 15.6. The van der Waals surface area contributed by atoms with Gasteiger partial charge in [-0.2, -0.15) is 0 Å². The molecule has 5 nitrogen and oxygen atoms in total. The number of pyridine rings is 2. The van der Waals surface area contributed by atoms with E-state index < -0.39 is 17.2 Å². The van der Waals surface area contributed by atoms with Gasteiger partial charge in [0.2, 0.25) is 5.43 Å². The highest BCUT2D eigenvalue weighted by atomic mass is 19.1. The number of nitrogens with zero attached hydrogens (tertiary/aromatic N) is 2. The Morgan fingerprint density at radius 2 is 2.25 bits per heavy atom. The number of hydrogen-bond acceptors (Lipinski definition) is 3. The molecular weight excluding hydrogens is 263 g/mol. The summed E-state index contributed by atoms with van der Waals surface area (Å²) in [6.45, 7) is 2.27. The minimum atomic E-state index is -1.31. The largest absolute Gasteiger partial charge is 0.477 e. The molecule has 0 spiro atoms. The Morgan fingerprint density at radius 1 is 1.55 bits per heavy atom. The van der Waals surface area contributed by atoms with Crippen molar-refractivity contribution in [2.45, 2.75) is 32.2 Å². The van der Waals surface area contributed by atoms with Crippen LogP contribution in [0.3, 0.4) is 0 Å². The molecule has 1 aliphatic carbocycles. The summed E-state index contributed by atoms with van der Waals surface area (Å²) in [6, 6.07) is 1.12. The van der Waals surface area contributed by atoms with Crippen molar-refractivity contribution in [2.75, 3.05) is 0 Å². The number of fused-ring (bicyclic) bond motifs is 1. The van der Waals surface area contributed by atoms with Gasteiger partial charge in [-0.1, -0.05) is 0 Å². The highest BCUT2D eigenvalue weighted by Crippen LogP contribution is 2.40. The number of halogens is 1. The van der Waals surface area contributed by atoms with Crippen molar-refractivity contribution >= 4 is 17.0 Å². The maximum atomic E-state index is 14.0. The van der Waals surface area contributed by atoms with Crippen molar-refractivity contribution in [3.8, 4) is 0 Å². The number of aryl methyl sites for hydroxylation is 1. The maximum Gasteiger partial charge on any atom is 0.341 e. The van der Waals surface area contributed by atoms with Crippen LogP contribution in [0.25, 0.3) is 11.0 Å². The van der Waals surface area contributed by atoms with Crippen LogP contribution < -0.4 is 5.43 Å². The van der Waals surface area contributed by atoms with Crippen LogP contribution in [-0.4, -0.2) is 20.6 Å². The average Bonchev–Trinajstić information content (AvgIpc) is 3.23. The molecule has 104 valence electrons. The summed E-state index contributed by atoms with van der Waals surface area (Å²) in [4.78, 5) is 27.4. The number of carboxylic acids is 1. The van der Waals surface area contributed by atoms with Crippen molar-refractivity contribution in [1.82, 2.24) is 9.55 Å². The van der Waals surface area contributed by atoms with Gasteiger partial charge in [-0.05, 0) is 25.8 Å². The first kappa shape index (κ1) is 12.8. The zero-order chi connectivity index (χ0) is 14.4. The second kappa shape index (κ2) is 4.40. The lowest BCUT2D eigenvalue weighted by molar-refractivity contribution is 0.0695. The van der Waals surface area contributed by atoms with Crippen LogP contribution in [0.1, 0.15) is 41.7 Å². The predicted octanol–water partition coefficient (Wildman–Crippen LogP) is 2.13. The molecule has 2 aromatic rings. The fourth-order valence-electron chi connectivity index (χ4n) is 2.34. The third-order valence-electron chi connectivity index (χ3n) is 3.56. The van der Waals surface area contributed by atoms with E-state index in [1.165, 1.54) is 6.20 Å². The zero-order valence-electron chi connectivity index (χ0n) is 10.9. The lowest BCUT2D eigenvalue weighted by Crippen LogP contribution is -2.20. The predicted molar refractivity (Wildman–Crippen MR) is 70.6 cm³/mol. The normalized spacial score (nSPS) is 14.7. The van der Waals surface area contributed by atoms with Crippen molar-refractivity contribution in [1.29, 1.82) is 0 Å². The van der Waals surface area contributed by atoms with E-state index in [0.29, 0.717) is 17.9 Å². The maximum absolute atomic E-state index is 14.0. The minimum absolute atomic E-state index is 0.0219. The highest BCUT2D eigenvalue weighted by molar-refractivity contribution is 5.91. The third-order valence-corrected chi connectivity index (χ3v) is 3.56. The number of aromatic nitrogens is 2. The Morgan fingerprint density at radius 3 is 2.80 bits per heavy atom. The minimum Gasteiger partial charge on any atom is -0.477 e. The van der Waals surface area contributed by atoms with E-state index in [-0.39, 0.29) is 16.9 Å². The lowest BCUT2D eigenvalue weighted by atomic mass is 10.1. The zero-order valence-corrected chi connectivity index (χ0v) is 10.9. The van der Waals surface area contributed by atoms with Crippen LogP contribution >= 0.6 is 0 Å². The van der Waals surface area contributed by atoms with Crippen LogP contribution in [0.15, 0.2) is 17.1 Å². The second-order valence-corrected chi connectivity index (χ2v) is 4.96. The molecule has 0 bridgehead atoms. The van der Waals surface area contributed by atoms with Gasteiger partial charge in [0.15, 0.2) is 0 Å². The smallest absolute Gasteiger partial charge is 0.341 e. The summed E-state index contributed by atoms with van der Waals surface area (Å²) in [6.07, 6.45) is 3.08. The molecule has 0 amide bonds. The number of carbonyl (C=O) groups is 1. The molecule has 0 aliphatic heterocycles. The molecule has 1 saturated carbocycles. The quantitative estimate of drug-likeness (QED) is 0.932. The van der Waals surface area contributed by atoms with E-state index in [0.717, 1.165) is 18.9 Å². The van der Waals surface area contributed by atoms with Gasteiger partial charge in [-0.25, -0.2) is 14.2 Å². The fourth-order valence-corrected chi connectivity index (χ4v) is 2.34. The number of hydrogen-bond donors (Lipinski definition) is 1. The van der Waals surface area contributed by atoms with Gasteiger partial charge < -0.3 is 9.67 Å². The fraction of sp³-hybridized carbons (Fsp3) is 0.357. The Bertz CT molecular complexity index is 778. The number of carboxylic acid groups (broad SMARTS) is 1. The standard InChI is InChI=1S/C14H13FN2O3/c1-2-17-6-9(14(19)20)12(18)8-5-10(15)11(7-3-4-7)16-13(8)17/h5-7H,2-4H2,1H3,(H,19,20). The van der Waals surface area contributed by atoms with Crippen molar-refractivity contribution in [2.24, 2.45) is 0 Å². The molecule has 20 heavy (non-hydrogen) atoms. The summed E-state index contributed by atoms with van der Waals surface area (Å²) >= 11 is 0. The summed E-state index contributed by atoms with van der Waals surface area (Å²) in [5.74, 6) is -1.72. The van der Waals surface area contributed by atoms with E-state index in [4.69, 9.17) is 5.11 Å². The molecule has 3 rings (SSSR count). The summed E-state index contributed by atoms with van der Waals surface area (Å²) in [5.41, 5.74) is -0.321. The molecule has 1 fully saturated rings. The topological polar surface area (TPSA) is 72.2 Å². The molecule has 6 heteroatoms. The first-order valence-corrected chi connectivity index (χ1v) is 6.49. The van der Waals surface area contributed by atoms with Crippen LogP contribution in [0.2, 0.25) is 0 Å². The van der Waals surface area contributed by atoms with Crippen molar-refractivity contribution in [3.63, 3.8) is 0 Å². The Labute approximate surface area is 113 Å². The van der Waals surface area contributed by atoms with E-state index in [1.54, 1.807) is 4.57 Å². The summed E-state index contributed by atoms with van der Waals surface area (Å²) in [7, 11) is 0. The van der Waals surface area contributed by atoms with E-state index >= 15 is 0 Å². The number of aromatic carboxylic acids is 1. The molecule has 0 unspecified atom stereocenters. The molecule has 2 aromatic heterocycles. The SMILES string of the molecule is CCn1cc(C(=O)O)c(=O)c2cc(F)c(C3CC3)nc21. The van der Waals surface area contributed by atoms with Crippen LogP contribution in [-0.2, 0) is 6.54 Å². The molecule has 0 saturated heterocycles. The third kappa shape index (κ3) is 1.88. The Kier molecular flexibility index (Phi) is 2.81. The van der Waals surface area contributed by atoms with Gasteiger partial charge >= 0.3 is 5.97 Å². The molecule has 1 aliphatic rings. The van der Waals surface area contributed by atoms with Gasteiger partial charge in [0, 0.05) is 18.7 Å². The molecule has 2 heterocycles. The van der Waals surface area contributed by atoms with Crippen LogP contribution in [0.4, 0.5) is 4.39 Å². The highest BCUT2D eigenvalue weighted by Gasteiger charge is 2.29. The first-order chi connectivity index (χ1) is 9.52. The molecule has 0 atom stereocenters. The molecule has 0 radical (unpaired) electrons. The van der Waals surface area contributed by atoms with Crippen molar-refractivity contribution in [3.05, 3.63) is 39.6 Å². The molecular formula is C14H13FN2O3. The van der Waals surface area contributed by atoms with E-state index in [2.05, 4.69) is 4.98 Å². The molecule has 1 N–H and O–H groups in total. The van der Waals surface area contributed by atoms with E-state index in [9.17, 15) is 14.0 Å². The summed E-state index contributed by atoms with van der Waals surface area (Å²) in [5, 5.41) is 9.06. The van der Waals surface area contributed by atoms with Crippen LogP contribution in [0, 0.1) is 5.82 Å². The Balaban J connectivity index is 2.38. The molecule has 0 aromatic carbocycles. The Hall–Kier alpha value is -2.24. The van der Waals surface area contributed by atoms with Crippen LogP contribution in [0.5, 0.6) is 0 Å². The van der Waals surface area contributed by atoms with E-state index in [1.807, 2.05) is 6.92 Å². The van der Waals surface area contributed by atoms with Gasteiger partial charge in [-0.15, -0.1) is 0 Å². The first-order valence-electron chi connectivity index (χ1n) is 6.49. The van der Waals surface area contributed by atoms with Crippen molar-refractivity contribution < 1.29 is 14.3 Å². The van der Waals surface area contributed by atoms with Gasteiger partial charge in [0.1, 0.15) is 17.0 Å². The number of rotatable bonds is 3. The second-order valence-electron chi connectivity index (χ2n) is 4.96. The van der Waals surface area contributed by atoms with Gasteiger partial charge in [0.05, 0.1) is 11.1 Å². The lowest BCUT2D eigenvalue weighted by Gasteiger charge is -2.11. The monoisotopic (exact) mass is 276 g/mol. The average molecular weight is 276 g/mol.